The number of rotatable bonds is 3. The molecule has 3 N–H and O–H groups in total. The first-order valence-corrected chi connectivity index (χ1v) is 8.44. The van der Waals surface area contributed by atoms with Crippen molar-refractivity contribution in [2.45, 2.75) is 24.9 Å². The maximum Gasteiger partial charge on any atom is 0.437 e. The van der Waals surface area contributed by atoms with Crippen molar-refractivity contribution in [1.29, 1.82) is 0 Å². The van der Waals surface area contributed by atoms with Crippen LogP contribution in [0.2, 0.25) is 0 Å². The Balaban J connectivity index is 2.14. The van der Waals surface area contributed by atoms with Crippen LogP contribution < -0.4 is 10.6 Å². The molecular formula is C15H13F3N2O3S2. The monoisotopic (exact) mass is 390 g/mol. The lowest BCUT2D eigenvalue weighted by atomic mass is 9.80. The summed E-state index contributed by atoms with van der Waals surface area (Å²) in [5.41, 5.74) is -3.53. The Morgan fingerprint density at radius 1 is 1.40 bits per heavy atom. The van der Waals surface area contributed by atoms with E-state index in [4.69, 9.17) is 16.6 Å². The van der Waals surface area contributed by atoms with E-state index < -0.39 is 34.8 Å². The zero-order valence-corrected chi connectivity index (χ0v) is 14.4. The fraction of sp³-hybridized carbons (Fsp3) is 0.333. The highest BCUT2D eigenvalue weighted by Crippen LogP contribution is 2.44. The van der Waals surface area contributed by atoms with Crippen LogP contribution in [0, 0.1) is 12.8 Å². The fourth-order valence-electron chi connectivity index (χ4n) is 2.77. The molecule has 0 radical (unpaired) electrons. The highest BCUT2D eigenvalue weighted by molar-refractivity contribution is 7.80. The number of carbonyl (C=O) groups is 1. The number of halogens is 3. The molecule has 3 heterocycles. The Kier molecular flexibility index (Phi) is 4.38. The lowest BCUT2D eigenvalue weighted by Crippen LogP contribution is -2.72. The van der Waals surface area contributed by atoms with Gasteiger partial charge in [-0.25, -0.2) is 0 Å². The Morgan fingerprint density at radius 2 is 2.12 bits per heavy atom. The first-order valence-electron chi connectivity index (χ1n) is 7.15. The van der Waals surface area contributed by atoms with Gasteiger partial charge in [0.1, 0.15) is 23.5 Å². The van der Waals surface area contributed by atoms with Gasteiger partial charge in [-0.3, -0.25) is 4.79 Å². The van der Waals surface area contributed by atoms with Crippen molar-refractivity contribution in [2.24, 2.45) is 5.92 Å². The molecule has 0 amide bonds. The first-order chi connectivity index (χ1) is 11.6. The number of alkyl halides is 3. The fourth-order valence-corrected chi connectivity index (χ4v) is 3.76. The van der Waals surface area contributed by atoms with Gasteiger partial charge in [0.2, 0.25) is 5.72 Å². The number of carbonyl (C=O) groups excluding carboxylic acids is 1. The van der Waals surface area contributed by atoms with E-state index in [9.17, 15) is 23.1 Å². The van der Waals surface area contributed by atoms with E-state index in [2.05, 4.69) is 5.32 Å². The zero-order chi connectivity index (χ0) is 18.4. The topological polar surface area (TPSA) is 74.5 Å². The molecule has 5 nitrogen and oxygen atoms in total. The van der Waals surface area contributed by atoms with Crippen LogP contribution in [0.5, 0.6) is 0 Å². The predicted molar refractivity (Wildman–Crippen MR) is 88.2 cm³/mol. The molecule has 1 saturated heterocycles. The van der Waals surface area contributed by atoms with Crippen molar-refractivity contribution < 1.29 is 27.5 Å². The average molecular weight is 390 g/mol. The smallest absolute Gasteiger partial charge is 0.437 e. The Hall–Kier alpha value is -1.91. The van der Waals surface area contributed by atoms with Gasteiger partial charge in [-0.05, 0) is 42.7 Å². The number of thiocarbonyl (C=S) groups is 1. The molecule has 0 bridgehead atoms. The van der Waals surface area contributed by atoms with E-state index in [1.807, 2.05) is 5.32 Å². The summed E-state index contributed by atoms with van der Waals surface area (Å²) in [6.45, 7) is 1.62. The number of hydrogen-bond acceptors (Lipinski definition) is 5. The summed E-state index contributed by atoms with van der Waals surface area (Å²) >= 11 is 5.81. The number of aliphatic hydroxyl groups is 1. The Morgan fingerprint density at radius 3 is 2.64 bits per heavy atom. The summed E-state index contributed by atoms with van der Waals surface area (Å²) in [6.07, 6.45) is -5.14. The second kappa shape index (κ2) is 6.11. The molecule has 2 aromatic rings. The average Bonchev–Trinajstić information content (AvgIpc) is 3.16. The van der Waals surface area contributed by atoms with Gasteiger partial charge in [0.05, 0.1) is 4.88 Å². The SMILES string of the molecule is Cc1ccc([C@H]2NC(=S)N[C@](O)(C(F)(F)F)[C@@H]2C(=O)c2cccs2)o1. The highest BCUT2D eigenvalue weighted by Gasteiger charge is 2.66. The normalized spacial score (nSPS) is 26.8. The van der Waals surface area contributed by atoms with E-state index in [0.29, 0.717) is 5.76 Å². The van der Waals surface area contributed by atoms with Crippen molar-refractivity contribution in [1.82, 2.24) is 10.6 Å². The van der Waals surface area contributed by atoms with Gasteiger partial charge in [0, 0.05) is 0 Å². The summed E-state index contributed by atoms with van der Waals surface area (Å²) in [7, 11) is 0. The molecule has 134 valence electrons. The second-order valence-electron chi connectivity index (χ2n) is 5.61. The van der Waals surface area contributed by atoms with Gasteiger partial charge >= 0.3 is 6.18 Å². The van der Waals surface area contributed by atoms with Crippen molar-refractivity contribution in [3.8, 4) is 0 Å². The van der Waals surface area contributed by atoms with E-state index in [0.717, 1.165) is 11.3 Å². The van der Waals surface area contributed by atoms with Gasteiger partial charge in [-0.2, -0.15) is 13.2 Å². The molecule has 0 unspecified atom stereocenters. The standard InChI is InChI=1S/C15H13F3N2O3S2/c1-7-4-5-8(23-7)11-10(12(21)9-3-2-6-25-9)14(22,15(16,17)18)20-13(24)19-11/h2-6,10-11,22H,1H3,(H2,19,20,24)/t10-,11+,14+/m0/s1. The number of thiophene rings is 1. The lowest BCUT2D eigenvalue weighted by Gasteiger charge is -2.45. The van der Waals surface area contributed by atoms with Gasteiger partial charge in [-0.15, -0.1) is 11.3 Å². The predicted octanol–water partition coefficient (Wildman–Crippen LogP) is 2.92. The van der Waals surface area contributed by atoms with Crippen LogP contribution in [0.4, 0.5) is 13.2 Å². The summed E-state index contributed by atoms with van der Waals surface area (Å²) in [4.78, 5) is 12.9. The molecule has 10 heteroatoms. The van der Waals surface area contributed by atoms with Crippen LogP contribution in [-0.2, 0) is 0 Å². The van der Waals surface area contributed by atoms with E-state index in [1.165, 1.54) is 12.1 Å². The molecule has 1 aliphatic rings. The molecule has 2 aromatic heterocycles. The van der Waals surface area contributed by atoms with E-state index in [-0.39, 0.29) is 10.6 Å². The van der Waals surface area contributed by atoms with Crippen molar-refractivity contribution in [3.63, 3.8) is 0 Å². The van der Waals surface area contributed by atoms with E-state index >= 15 is 0 Å². The third-order valence-electron chi connectivity index (χ3n) is 3.92. The van der Waals surface area contributed by atoms with Crippen LogP contribution in [0.25, 0.3) is 0 Å². The van der Waals surface area contributed by atoms with Gasteiger partial charge in [0.15, 0.2) is 10.9 Å². The Labute approximate surface area is 149 Å². The van der Waals surface area contributed by atoms with Crippen molar-refractivity contribution >= 4 is 34.5 Å². The van der Waals surface area contributed by atoms with Gasteiger partial charge in [0.25, 0.3) is 0 Å². The minimum Gasteiger partial charge on any atom is -0.464 e. The number of Topliss-reactive ketones (excluding diaryl/α,β-unsaturated/α-hetero) is 1. The molecule has 3 rings (SSSR count). The highest BCUT2D eigenvalue weighted by atomic mass is 32.1. The molecular weight excluding hydrogens is 377 g/mol. The third kappa shape index (κ3) is 3.05. The molecule has 0 spiro atoms. The molecule has 1 fully saturated rings. The van der Waals surface area contributed by atoms with Crippen molar-refractivity contribution in [2.75, 3.05) is 0 Å². The maximum absolute atomic E-state index is 13.7. The van der Waals surface area contributed by atoms with Gasteiger partial charge in [-0.1, -0.05) is 6.07 Å². The Bertz CT molecular complexity index is 803. The van der Waals surface area contributed by atoms with Crippen LogP contribution in [0.3, 0.4) is 0 Å². The van der Waals surface area contributed by atoms with Crippen LogP contribution >= 0.6 is 23.6 Å². The van der Waals surface area contributed by atoms with E-state index in [1.54, 1.807) is 24.4 Å². The number of nitrogens with one attached hydrogen (secondary N) is 2. The van der Waals surface area contributed by atoms with Crippen LogP contribution in [0.1, 0.15) is 27.2 Å². The molecule has 0 aromatic carbocycles. The third-order valence-corrected chi connectivity index (χ3v) is 5.02. The van der Waals surface area contributed by atoms with Gasteiger partial charge < -0.3 is 20.2 Å². The minimum atomic E-state index is -5.14. The molecule has 3 atom stereocenters. The number of furan rings is 1. The molecule has 1 aliphatic heterocycles. The van der Waals surface area contributed by atoms with Crippen molar-refractivity contribution in [3.05, 3.63) is 46.0 Å². The largest absolute Gasteiger partial charge is 0.464 e. The molecule has 0 aliphatic carbocycles. The van der Waals surface area contributed by atoms with Crippen LogP contribution in [0.15, 0.2) is 34.1 Å². The number of hydrogen-bond donors (Lipinski definition) is 3. The summed E-state index contributed by atoms with van der Waals surface area (Å²) in [5, 5.41) is 16.0. The first kappa shape index (κ1) is 17.9. The summed E-state index contributed by atoms with van der Waals surface area (Å²) < 4.78 is 46.4. The molecule has 25 heavy (non-hydrogen) atoms. The summed E-state index contributed by atoms with van der Waals surface area (Å²) in [5.74, 6) is -2.25. The zero-order valence-electron chi connectivity index (χ0n) is 12.8. The quantitative estimate of drug-likeness (QED) is 0.553. The lowest BCUT2D eigenvalue weighted by molar-refractivity contribution is -0.286. The number of aryl methyl sites for hydroxylation is 1. The maximum atomic E-state index is 13.7. The number of ketones is 1. The second-order valence-corrected chi connectivity index (χ2v) is 6.96. The minimum absolute atomic E-state index is 0.0823. The molecule has 0 saturated carbocycles. The summed E-state index contributed by atoms with van der Waals surface area (Å²) in [6, 6.07) is 4.68. The van der Waals surface area contributed by atoms with Crippen LogP contribution in [-0.4, -0.2) is 27.9 Å².